The first-order valence-corrected chi connectivity index (χ1v) is 26.0. The molecule has 4 aliphatic rings. The molecule has 4 heterocycles. The van der Waals surface area contributed by atoms with E-state index >= 15 is 0 Å². The zero-order chi connectivity index (χ0) is 48.2. The van der Waals surface area contributed by atoms with Gasteiger partial charge in [-0.2, -0.15) is 0 Å². The molecule has 0 saturated carbocycles. The van der Waals surface area contributed by atoms with Gasteiger partial charge in [0.1, 0.15) is 35.8 Å². The maximum atomic E-state index is 12.0. The zero-order valence-electron chi connectivity index (χ0n) is 39.5. The summed E-state index contributed by atoms with van der Waals surface area (Å²) >= 11 is 24.2. The number of rotatable bonds is 16. The molecule has 8 rings (SSSR count). The van der Waals surface area contributed by atoms with Crippen molar-refractivity contribution in [2.75, 3.05) is 65.4 Å². The van der Waals surface area contributed by atoms with E-state index in [0.717, 1.165) is 145 Å². The first-order valence-electron chi connectivity index (χ1n) is 24.5. The number of ether oxygens (including phenoxy) is 2. The number of hydrogen-bond donors (Lipinski definition) is 2. The Morgan fingerprint density at radius 1 is 0.559 bits per heavy atom. The van der Waals surface area contributed by atoms with Crippen molar-refractivity contribution in [2.24, 2.45) is 11.8 Å². The van der Waals surface area contributed by atoms with Crippen LogP contribution in [0.1, 0.15) is 76.5 Å². The lowest BCUT2D eigenvalue weighted by atomic mass is 9.92. The van der Waals surface area contributed by atoms with E-state index in [1.54, 1.807) is 24.3 Å². The van der Waals surface area contributed by atoms with Crippen molar-refractivity contribution in [1.29, 1.82) is 0 Å². The minimum Gasteiger partial charge on any atom is -0.490 e. The van der Waals surface area contributed by atoms with Crippen LogP contribution in [0.5, 0.6) is 11.5 Å². The van der Waals surface area contributed by atoms with Gasteiger partial charge >= 0.3 is 11.9 Å². The van der Waals surface area contributed by atoms with Gasteiger partial charge in [0, 0.05) is 54.3 Å². The van der Waals surface area contributed by atoms with Crippen LogP contribution in [0.25, 0.3) is 0 Å². The third kappa shape index (κ3) is 15.5. The normalized spacial score (nSPS) is 19.7. The van der Waals surface area contributed by atoms with Gasteiger partial charge in [0.05, 0.1) is 20.1 Å². The summed E-state index contributed by atoms with van der Waals surface area (Å²) in [6.07, 6.45) is 9.73. The van der Waals surface area contributed by atoms with Gasteiger partial charge in [-0.1, -0.05) is 100 Å². The smallest absolute Gasteiger partial charge is 0.321 e. The molecule has 0 aromatic heterocycles. The van der Waals surface area contributed by atoms with Crippen LogP contribution < -0.4 is 9.47 Å². The predicted octanol–water partition coefficient (Wildman–Crippen LogP) is 11.6. The second-order valence-electron chi connectivity index (χ2n) is 19.4. The Morgan fingerprint density at radius 3 is 1.40 bits per heavy atom. The summed E-state index contributed by atoms with van der Waals surface area (Å²) in [5.41, 5.74) is 4.57. The highest BCUT2D eigenvalue weighted by Gasteiger charge is 2.33. The van der Waals surface area contributed by atoms with Crippen molar-refractivity contribution in [3.05, 3.63) is 127 Å². The molecule has 4 saturated heterocycles. The predicted molar refractivity (Wildman–Crippen MR) is 279 cm³/mol. The number of carboxylic acids is 2. The SMILES string of the molecule is Cc1ccc(C[C@@H](C(=O)O)N2CCC(CN3CCC(Oc4ccc(Cl)c(Cl)c4)CC3)CC2)cc1.Cc1ccccc1C[C@@H](C(=O)O)N1CCC(CN2CCC(Oc3ccc(Cl)c(Cl)c3)CC2)CC1.[HH].[HH]. The number of aryl methyl sites for hydroxylation is 2. The van der Waals surface area contributed by atoms with Gasteiger partial charge in [0.15, 0.2) is 0 Å². The number of halogens is 4. The van der Waals surface area contributed by atoms with E-state index in [1.807, 2.05) is 42.5 Å². The molecular weight excluding hydrogens is 942 g/mol. The lowest BCUT2D eigenvalue weighted by Gasteiger charge is -2.39. The van der Waals surface area contributed by atoms with Crippen molar-refractivity contribution in [1.82, 2.24) is 19.6 Å². The van der Waals surface area contributed by atoms with E-state index in [2.05, 4.69) is 51.6 Å². The monoisotopic (exact) mass is 1010 g/mol. The summed E-state index contributed by atoms with van der Waals surface area (Å²) in [7, 11) is 0. The fourth-order valence-electron chi connectivity index (χ4n) is 10.3. The first kappa shape index (κ1) is 52.2. The van der Waals surface area contributed by atoms with Gasteiger partial charge < -0.3 is 29.5 Å². The molecule has 4 aromatic carbocycles. The number of carboxylic acid groups (broad SMARTS) is 2. The summed E-state index contributed by atoms with van der Waals surface area (Å²) in [6, 6.07) is 26.3. The maximum Gasteiger partial charge on any atom is 0.321 e. The van der Waals surface area contributed by atoms with Gasteiger partial charge in [0.25, 0.3) is 0 Å². The van der Waals surface area contributed by atoms with Crippen molar-refractivity contribution < 1.29 is 32.1 Å². The average molecular weight is 1020 g/mol. The number of hydrogen-bond acceptors (Lipinski definition) is 8. The van der Waals surface area contributed by atoms with E-state index in [1.165, 1.54) is 5.56 Å². The van der Waals surface area contributed by atoms with Crippen molar-refractivity contribution in [2.45, 2.75) is 102 Å². The molecule has 372 valence electrons. The molecule has 2 atom stereocenters. The van der Waals surface area contributed by atoms with E-state index in [9.17, 15) is 19.8 Å². The molecule has 0 bridgehead atoms. The Hall–Kier alpha value is -3.58. The summed E-state index contributed by atoms with van der Waals surface area (Å²) in [5, 5.41) is 21.9. The average Bonchev–Trinajstić information content (AvgIpc) is 3.33. The third-order valence-electron chi connectivity index (χ3n) is 14.5. The molecule has 4 fully saturated rings. The standard InChI is InChI=1S/2C27H34Cl2N2O3.2H2/c1-19-2-4-20(5-3-19)16-26(27(32)33)31-14-8-21(9-15-31)18-30-12-10-22(11-13-30)34-23-6-7-24(28)25(29)17-23;1-19-4-2-3-5-21(19)16-26(27(32)33)31-14-8-20(9-15-31)18-30-12-10-22(11-13-30)34-23-6-7-24(28)25(29)17-23;;/h2-7,17,21-22,26H,8-16,18H2,1H3,(H,32,33);2-7,17,20,22,26H,8-16,18H2,1H3,(H,32,33);2*1H/t2*26-;;/m00../s1. The molecule has 10 nitrogen and oxygen atoms in total. The van der Waals surface area contributed by atoms with Gasteiger partial charge in [-0.15, -0.1) is 0 Å². The molecule has 0 radical (unpaired) electrons. The van der Waals surface area contributed by atoms with E-state index < -0.39 is 24.0 Å². The Morgan fingerprint density at radius 2 is 0.985 bits per heavy atom. The Bertz CT molecular complexity index is 2250. The summed E-state index contributed by atoms with van der Waals surface area (Å²) in [5.74, 6) is 1.36. The Labute approximate surface area is 426 Å². The first-order chi connectivity index (χ1) is 32.8. The highest BCUT2D eigenvalue weighted by molar-refractivity contribution is 6.42. The molecule has 68 heavy (non-hydrogen) atoms. The topological polar surface area (TPSA) is 106 Å². The number of carbonyl (C=O) groups is 2. The minimum absolute atomic E-state index is 0. The van der Waals surface area contributed by atoms with Gasteiger partial charge in [-0.25, -0.2) is 0 Å². The molecule has 4 aromatic rings. The van der Waals surface area contributed by atoms with Crippen LogP contribution in [-0.4, -0.2) is 131 Å². The van der Waals surface area contributed by atoms with Crippen LogP contribution in [0.2, 0.25) is 20.1 Å². The van der Waals surface area contributed by atoms with Crippen molar-refractivity contribution in [3.63, 3.8) is 0 Å². The Kier molecular flexibility index (Phi) is 19.6. The fraction of sp³-hybridized carbons (Fsp3) is 0.519. The minimum atomic E-state index is -0.719. The van der Waals surface area contributed by atoms with Crippen LogP contribution in [0, 0.1) is 25.7 Å². The second-order valence-corrected chi connectivity index (χ2v) is 21.0. The molecule has 0 amide bonds. The maximum absolute atomic E-state index is 12.0. The highest BCUT2D eigenvalue weighted by Crippen LogP contribution is 2.31. The number of aliphatic carboxylic acids is 2. The van der Waals surface area contributed by atoms with Crippen LogP contribution in [0.15, 0.2) is 84.9 Å². The molecule has 14 heteroatoms. The summed E-state index contributed by atoms with van der Waals surface area (Å²) in [6.45, 7) is 13.8. The Balaban J connectivity index is 0.000000254. The quantitative estimate of drug-likeness (QED) is 0.113. The lowest BCUT2D eigenvalue weighted by Crippen LogP contribution is -2.49. The van der Waals surface area contributed by atoms with Gasteiger partial charge in [-0.3, -0.25) is 19.4 Å². The zero-order valence-corrected chi connectivity index (χ0v) is 42.5. The van der Waals surface area contributed by atoms with Crippen molar-refractivity contribution in [3.8, 4) is 11.5 Å². The van der Waals surface area contributed by atoms with Crippen LogP contribution in [-0.2, 0) is 22.4 Å². The van der Waals surface area contributed by atoms with Crippen molar-refractivity contribution >= 4 is 58.3 Å². The molecule has 0 unspecified atom stereocenters. The van der Waals surface area contributed by atoms with Crippen LogP contribution in [0.3, 0.4) is 0 Å². The third-order valence-corrected chi connectivity index (χ3v) is 15.9. The van der Waals surface area contributed by atoms with Gasteiger partial charge in [-0.05, 0) is 157 Å². The number of likely N-dealkylation sites (tertiary alicyclic amines) is 4. The second kappa shape index (κ2) is 25.5. The van der Waals surface area contributed by atoms with Gasteiger partial charge in [0.2, 0.25) is 0 Å². The molecule has 0 spiro atoms. The molecule has 4 aliphatic heterocycles. The van der Waals surface area contributed by atoms with E-state index in [0.29, 0.717) is 44.8 Å². The molecule has 2 N–H and O–H groups in total. The largest absolute Gasteiger partial charge is 0.490 e. The number of piperidine rings is 4. The summed E-state index contributed by atoms with van der Waals surface area (Å²) in [4.78, 5) is 33.4. The van der Waals surface area contributed by atoms with Crippen LogP contribution in [0.4, 0.5) is 0 Å². The lowest BCUT2D eigenvalue weighted by molar-refractivity contribution is -0.144. The van der Waals surface area contributed by atoms with E-state index in [-0.39, 0.29) is 15.1 Å². The fourth-order valence-corrected chi connectivity index (χ4v) is 10.8. The van der Waals surface area contributed by atoms with E-state index in [4.69, 9.17) is 55.9 Å². The summed E-state index contributed by atoms with van der Waals surface area (Å²) < 4.78 is 12.2. The highest BCUT2D eigenvalue weighted by atomic mass is 35.5. The number of nitrogens with zero attached hydrogens (tertiary/aromatic N) is 4. The molecular formula is C54H72Cl4N4O6. The number of benzene rings is 4. The molecule has 0 aliphatic carbocycles. The van der Waals surface area contributed by atoms with Crippen LogP contribution >= 0.6 is 46.4 Å².